The average Bonchev–Trinajstić information content (AvgIpc) is 2.63. The number of hydrogen-bond donors (Lipinski definition) is 1. The largest absolute Gasteiger partial charge is 0.493 e. The summed E-state index contributed by atoms with van der Waals surface area (Å²) in [5, 5.41) is 11.2. The molecular formula is C19H27Cl2NO4. The van der Waals surface area contributed by atoms with Gasteiger partial charge >= 0.3 is 0 Å². The standard InChI is InChI=1S/C19H27Cl2NO4/c1-3-15-13-17(25-12-7-18(20)21)14-16(4-2)19(15)26-11-6-10-24-9-5-8-22-23/h7-8,13-14,23H,3-6,9-12H2,1-2H3. The summed E-state index contributed by atoms with van der Waals surface area (Å²) in [6.45, 7) is 6.23. The summed E-state index contributed by atoms with van der Waals surface area (Å²) in [7, 11) is 0. The Morgan fingerprint density at radius 2 is 1.77 bits per heavy atom. The Balaban J connectivity index is 2.59. The van der Waals surface area contributed by atoms with Gasteiger partial charge in [-0.25, -0.2) is 0 Å². The van der Waals surface area contributed by atoms with Crippen LogP contribution in [0.15, 0.2) is 27.9 Å². The number of oxime groups is 1. The fraction of sp³-hybridized carbons (Fsp3) is 0.526. The van der Waals surface area contributed by atoms with Crippen molar-refractivity contribution in [2.45, 2.75) is 39.5 Å². The van der Waals surface area contributed by atoms with Crippen LogP contribution in [0, 0.1) is 0 Å². The highest BCUT2D eigenvalue weighted by Gasteiger charge is 2.11. The minimum absolute atomic E-state index is 0.197. The van der Waals surface area contributed by atoms with Crippen LogP contribution in [0.25, 0.3) is 0 Å². The quantitative estimate of drug-likeness (QED) is 0.214. The molecule has 146 valence electrons. The Morgan fingerprint density at radius 1 is 1.08 bits per heavy atom. The van der Waals surface area contributed by atoms with E-state index < -0.39 is 0 Å². The molecule has 0 aliphatic rings. The summed E-state index contributed by atoms with van der Waals surface area (Å²) < 4.78 is 17.4. The zero-order valence-electron chi connectivity index (χ0n) is 15.3. The summed E-state index contributed by atoms with van der Waals surface area (Å²) in [6.07, 6.45) is 6.11. The van der Waals surface area contributed by atoms with E-state index in [9.17, 15) is 0 Å². The van der Waals surface area contributed by atoms with Gasteiger partial charge < -0.3 is 19.4 Å². The lowest BCUT2D eigenvalue weighted by atomic mass is 10.0. The van der Waals surface area contributed by atoms with Crippen molar-refractivity contribution in [2.75, 3.05) is 26.4 Å². The number of rotatable bonds is 13. The molecule has 1 rings (SSSR count). The predicted octanol–water partition coefficient (Wildman–Crippen LogP) is 5.14. The molecule has 0 fully saturated rings. The van der Waals surface area contributed by atoms with Crippen LogP contribution in [0.1, 0.15) is 37.8 Å². The fourth-order valence-corrected chi connectivity index (χ4v) is 2.47. The van der Waals surface area contributed by atoms with E-state index in [1.54, 1.807) is 6.08 Å². The Bertz CT molecular complexity index is 562. The number of nitrogens with zero attached hydrogens (tertiary/aromatic N) is 1. The van der Waals surface area contributed by atoms with E-state index in [1.165, 1.54) is 6.21 Å². The molecule has 5 nitrogen and oxygen atoms in total. The summed E-state index contributed by atoms with van der Waals surface area (Å²) in [5.74, 6) is 1.71. The first kappa shape index (κ1) is 22.6. The maximum absolute atomic E-state index is 8.29. The maximum atomic E-state index is 8.29. The molecule has 1 aromatic rings. The monoisotopic (exact) mass is 403 g/mol. The number of aryl methyl sites for hydroxylation is 2. The minimum atomic E-state index is 0.197. The molecule has 0 amide bonds. The van der Waals surface area contributed by atoms with Crippen molar-refractivity contribution in [2.24, 2.45) is 5.16 Å². The maximum Gasteiger partial charge on any atom is 0.125 e. The van der Waals surface area contributed by atoms with Crippen LogP contribution in [0.2, 0.25) is 0 Å². The van der Waals surface area contributed by atoms with Crippen molar-refractivity contribution >= 4 is 29.4 Å². The molecule has 0 aromatic heterocycles. The SMILES string of the molecule is CCc1cc(OCC=C(Cl)Cl)cc(CC)c1OCCCOCCC=NO. The molecule has 0 aliphatic carbocycles. The first-order valence-electron chi connectivity index (χ1n) is 8.78. The van der Waals surface area contributed by atoms with Crippen molar-refractivity contribution in [3.63, 3.8) is 0 Å². The summed E-state index contributed by atoms with van der Waals surface area (Å²) in [4.78, 5) is 0. The molecular weight excluding hydrogens is 377 g/mol. The molecule has 0 aliphatic heterocycles. The molecule has 0 spiro atoms. The van der Waals surface area contributed by atoms with Crippen LogP contribution in [0.3, 0.4) is 0 Å². The molecule has 1 aromatic carbocycles. The van der Waals surface area contributed by atoms with Crippen LogP contribution in [0.4, 0.5) is 0 Å². The van der Waals surface area contributed by atoms with E-state index in [0.717, 1.165) is 41.9 Å². The highest BCUT2D eigenvalue weighted by atomic mass is 35.5. The van der Waals surface area contributed by atoms with Gasteiger partial charge in [0.1, 0.15) is 22.6 Å². The average molecular weight is 404 g/mol. The molecule has 0 heterocycles. The fourth-order valence-electron chi connectivity index (χ4n) is 2.35. The van der Waals surface area contributed by atoms with Gasteiger partial charge in [-0.3, -0.25) is 0 Å². The second-order valence-electron chi connectivity index (χ2n) is 5.48. The minimum Gasteiger partial charge on any atom is -0.493 e. The summed E-state index contributed by atoms with van der Waals surface area (Å²) in [5.41, 5.74) is 2.22. The highest BCUT2D eigenvalue weighted by Crippen LogP contribution is 2.31. The molecule has 0 saturated heterocycles. The van der Waals surface area contributed by atoms with Gasteiger partial charge in [-0.2, -0.15) is 0 Å². The second-order valence-corrected chi connectivity index (χ2v) is 6.49. The van der Waals surface area contributed by atoms with E-state index in [-0.39, 0.29) is 4.49 Å². The molecule has 0 unspecified atom stereocenters. The van der Waals surface area contributed by atoms with Crippen molar-refractivity contribution in [3.8, 4) is 11.5 Å². The third-order valence-electron chi connectivity index (χ3n) is 3.62. The molecule has 0 radical (unpaired) electrons. The third kappa shape index (κ3) is 8.79. The van der Waals surface area contributed by atoms with Gasteiger partial charge in [0.05, 0.1) is 13.2 Å². The third-order valence-corrected chi connectivity index (χ3v) is 3.93. The molecule has 1 N–H and O–H groups in total. The molecule has 0 bridgehead atoms. The van der Waals surface area contributed by atoms with Crippen molar-refractivity contribution in [1.29, 1.82) is 0 Å². The Kier molecular flexibility index (Phi) is 11.9. The Hall–Kier alpha value is -1.43. The molecule has 7 heteroatoms. The van der Waals surface area contributed by atoms with Crippen LogP contribution >= 0.6 is 23.2 Å². The molecule has 0 saturated carbocycles. The number of hydrogen-bond acceptors (Lipinski definition) is 5. The first-order chi connectivity index (χ1) is 12.6. The summed E-state index contributed by atoms with van der Waals surface area (Å²) in [6, 6.07) is 3.99. The van der Waals surface area contributed by atoms with Crippen LogP contribution in [-0.4, -0.2) is 37.8 Å². The van der Waals surface area contributed by atoms with E-state index in [1.807, 2.05) is 12.1 Å². The molecule has 26 heavy (non-hydrogen) atoms. The Morgan fingerprint density at radius 3 is 2.35 bits per heavy atom. The topological polar surface area (TPSA) is 60.3 Å². The smallest absolute Gasteiger partial charge is 0.125 e. The van der Waals surface area contributed by atoms with Gasteiger partial charge in [0, 0.05) is 25.7 Å². The lowest BCUT2D eigenvalue weighted by Gasteiger charge is -2.17. The van der Waals surface area contributed by atoms with Gasteiger partial charge in [0.2, 0.25) is 0 Å². The van der Waals surface area contributed by atoms with Crippen molar-refractivity contribution < 1.29 is 19.4 Å². The highest BCUT2D eigenvalue weighted by molar-refractivity contribution is 6.55. The van der Waals surface area contributed by atoms with Gasteiger partial charge in [-0.1, -0.05) is 37.0 Å². The van der Waals surface area contributed by atoms with Gasteiger partial charge in [-0.05, 0) is 42.2 Å². The Labute approximate surface area is 165 Å². The number of halogens is 2. The van der Waals surface area contributed by atoms with Gasteiger partial charge in [0.15, 0.2) is 0 Å². The zero-order chi connectivity index (χ0) is 19.2. The van der Waals surface area contributed by atoms with Crippen LogP contribution in [-0.2, 0) is 17.6 Å². The second kappa shape index (κ2) is 13.7. The number of ether oxygens (including phenoxy) is 3. The van der Waals surface area contributed by atoms with E-state index >= 15 is 0 Å². The first-order valence-corrected chi connectivity index (χ1v) is 9.54. The molecule has 0 atom stereocenters. The van der Waals surface area contributed by atoms with Crippen molar-refractivity contribution in [3.05, 3.63) is 33.8 Å². The lowest BCUT2D eigenvalue weighted by molar-refractivity contribution is 0.125. The van der Waals surface area contributed by atoms with Crippen LogP contribution < -0.4 is 9.47 Å². The van der Waals surface area contributed by atoms with E-state index in [2.05, 4.69) is 19.0 Å². The zero-order valence-corrected chi connectivity index (χ0v) is 16.9. The number of benzene rings is 1. The van der Waals surface area contributed by atoms with E-state index in [0.29, 0.717) is 32.8 Å². The summed E-state index contributed by atoms with van der Waals surface area (Å²) >= 11 is 11.2. The predicted molar refractivity (Wildman–Crippen MR) is 106 cm³/mol. The lowest BCUT2D eigenvalue weighted by Crippen LogP contribution is -2.07. The normalized spacial score (nSPS) is 10.9. The van der Waals surface area contributed by atoms with E-state index in [4.69, 9.17) is 42.6 Å². The van der Waals surface area contributed by atoms with Gasteiger partial charge in [-0.15, -0.1) is 5.16 Å². The van der Waals surface area contributed by atoms with Crippen LogP contribution in [0.5, 0.6) is 11.5 Å². The van der Waals surface area contributed by atoms with Gasteiger partial charge in [0.25, 0.3) is 0 Å². The van der Waals surface area contributed by atoms with Crippen molar-refractivity contribution in [1.82, 2.24) is 0 Å².